The van der Waals surface area contributed by atoms with E-state index in [1.54, 1.807) is 16.7 Å². The van der Waals surface area contributed by atoms with Crippen LogP contribution >= 0.6 is 11.8 Å². The van der Waals surface area contributed by atoms with E-state index in [0.717, 1.165) is 25.7 Å². The molecule has 0 radical (unpaired) electrons. The van der Waals surface area contributed by atoms with Crippen molar-refractivity contribution in [3.8, 4) is 0 Å². The standard InChI is InChI=1S/C14H22N2O3S/c1-14(2,9-5-6-9)15-13(19)16-10(12(17)18)7-20-11(16)8-3-4-8/h8-11H,3-7H2,1-2H3,(H,15,19)(H,17,18). The zero-order valence-electron chi connectivity index (χ0n) is 12.0. The number of thioether (sulfide) groups is 1. The number of aliphatic carboxylic acids is 1. The van der Waals surface area contributed by atoms with E-state index in [2.05, 4.69) is 5.32 Å². The third-order valence-electron chi connectivity index (χ3n) is 4.61. The Hall–Kier alpha value is -0.910. The lowest BCUT2D eigenvalue weighted by atomic mass is 9.99. The first-order valence-electron chi connectivity index (χ1n) is 7.35. The number of urea groups is 1. The van der Waals surface area contributed by atoms with E-state index in [1.807, 2.05) is 13.8 Å². The first-order valence-corrected chi connectivity index (χ1v) is 8.40. The van der Waals surface area contributed by atoms with Crippen LogP contribution < -0.4 is 5.32 Å². The van der Waals surface area contributed by atoms with Gasteiger partial charge in [0.05, 0.1) is 5.37 Å². The number of hydrogen-bond donors (Lipinski definition) is 2. The molecule has 1 saturated heterocycles. The summed E-state index contributed by atoms with van der Waals surface area (Å²) in [5.74, 6) is 0.636. The van der Waals surface area contributed by atoms with Gasteiger partial charge in [-0.25, -0.2) is 9.59 Å². The van der Waals surface area contributed by atoms with Crippen LogP contribution in [0, 0.1) is 11.8 Å². The number of carbonyl (C=O) groups excluding carboxylic acids is 1. The van der Waals surface area contributed by atoms with Gasteiger partial charge in [-0.15, -0.1) is 11.8 Å². The highest BCUT2D eigenvalue weighted by molar-refractivity contribution is 8.00. The molecule has 2 atom stereocenters. The van der Waals surface area contributed by atoms with Gasteiger partial charge in [0.1, 0.15) is 6.04 Å². The SMILES string of the molecule is CC(C)(NC(=O)N1C(C(=O)O)CSC1C1CC1)C1CC1. The highest BCUT2D eigenvalue weighted by Gasteiger charge is 2.49. The van der Waals surface area contributed by atoms with Crippen LogP contribution in [0.3, 0.4) is 0 Å². The Morgan fingerprint density at radius 3 is 2.40 bits per heavy atom. The minimum atomic E-state index is -0.889. The average Bonchev–Trinajstić information content (AvgIpc) is 3.23. The van der Waals surface area contributed by atoms with Gasteiger partial charge in [-0.05, 0) is 51.4 Å². The Kier molecular flexibility index (Phi) is 3.39. The van der Waals surface area contributed by atoms with Gasteiger partial charge in [-0.2, -0.15) is 0 Å². The van der Waals surface area contributed by atoms with Crippen molar-refractivity contribution < 1.29 is 14.7 Å². The fourth-order valence-corrected chi connectivity index (χ4v) is 4.60. The Labute approximate surface area is 123 Å². The monoisotopic (exact) mass is 298 g/mol. The van der Waals surface area contributed by atoms with Gasteiger partial charge in [-0.3, -0.25) is 4.90 Å². The lowest BCUT2D eigenvalue weighted by Crippen LogP contribution is -2.56. The average molecular weight is 298 g/mol. The van der Waals surface area contributed by atoms with Crippen molar-refractivity contribution in [2.45, 2.75) is 56.5 Å². The quantitative estimate of drug-likeness (QED) is 0.834. The second kappa shape index (κ2) is 4.83. The summed E-state index contributed by atoms with van der Waals surface area (Å²) in [7, 11) is 0. The third-order valence-corrected chi connectivity index (χ3v) is 6.07. The summed E-state index contributed by atoms with van der Waals surface area (Å²) in [5, 5.41) is 12.5. The van der Waals surface area contributed by atoms with Gasteiger partial charge in [0.25, 0.3) is 0 Å². The van der Waals surface area contributed by atoms with E-state index in [1.165, 1.54) is 0 Å². The summed E-state index contributed by atoms with van der Waals surface area (Å²) in [6.45, 7) is 4.07. The molecule has 1 heterocycles. The molecule has 3 rings (SSSR count). The van der Waals surface area contributed by atoms with Gasteiger partial charge in [-0.1, -0.05) is 0 Å². The predicted molar refractivity (Wildman–Crippen MR) is 77.6 cm³/mol. The maximum Gasteiger partial charge on any atom is 0.327 e. The number of carboxylic acid groups (broad SMARTS) is 1. The summed E-state index contributed by atoms with van der Waals surface area (Å²) in [4.78, 5) is 25.6. The summed E-state index contributed by atoms with van der Waals surface area (Å²) in [5.41, 5.74) is -0.235. The molecule has 112 valence electrons. The van der Waals surface area contributed by atoms with Crippen molar-refractivity contribution >= 4 is 23.8 Å². The van der Waals surface area contributed by atoms with E-state index >= 15 is 0 Å². The lowest BCUT2D eigenvalue weighted by Gasteiger charge is -2.33. The van der Waals surface area contributed by atoms with Crippen LogP contribution in [0.1, 0.15) is 39.5 Å². The van der Waals surface area contributed by atoms with Gasteiger partial charge >= 0.3 is 12.0 Å². The summed E-state index contributed by atoms with van der Waals surface area (Å²) in [6, 6.07) is -0.878. The van der Waals surface area contributed by atoms with Gasteiger partial charge < -0.3 is 10.4 Å². The first-order chi connectivity index (χ1) is 9.40. The van der Waals surface area contributed by atoms with Crippen molar-refractivity contribution in [2.24, 2.45) is 11.8 Å². The van der Waals surface area contributed by atoms with Crippen molar-refractivity contribution in [1.82, 2.24) is 10.2 Å². The Bertz CT molecular complexity index is 432. The zero-order chi connectivity index (χ0) is 14.5. The van der Waals surface area contributed by atoms with E-state index in [0.29, 0.717) is 17.6 Å². The third kappa shape index (κ3) is 2.62. The Morgan fingerprint density at radius 1 is 1.25 bits per heavy atom. The molecule has 6 heteroatoms. The number of carboxylic acids is 1. The molecule has 1 aliphatic heterocycles. The fraction of sp³-hybridized carbons (Fsp3) is 0.857. The van der Waals surface area contributed by atoms with Crippen LogP contribution in [-0.4, -0.2) is 44.7 Å². The summed E-state index contributed by atoms with van der Waals surface area (Å²) < 4.78 is 0. The molecular formula is C14H22N2O3S. The lowest BCUT2D eigenvalue weighted by molar-refractivity contribution is -0.141. The largest absolute Gasteiger partial charge is 0.480 e. The van der Waals surface area contributed by atoms with Crippen molar-refractivity contribution in [3.05, 3.63) is 0 Å². The molecular weight excluding hydrogens is 276 g/mol. The molecule has 2 amide bonds. The number of hydrogen-bond acceptors (Lipinski definition) is 3. The molecule has 0 aromatic heterocycles. The zero-order valence-corrected chi connectivity index (χ0v) is 12.8. The molecule has 0 bridgehead atoms. The molecule has 3 fully saturated rings. The highest BCUT2D eigenvalue weighted by atomic mass is 32.2. The summed E-state index contributed by atoms with van der Waals surface area (Å²) in [6.07, 6.45) is 4.52. The normalized spacial score (nSPS) is 30.4. The van der Waals surface area contributed by atoms with Crippen LogP contribution in [0.2, 0.25) is 0 Å². The smallest absolute Gasteiger partial charge is 0.327 e. The fourth-order valence-electron chi connectivity index (χ4n) is 2.97. The van der Waals surface area contributed by atoms with E-state index in [9.17, 15) is 14.7 Å². The topological polar surface area (TPSA) is 69.6 Å². The van der Waals surface area contributed by atoms with E-state index < -0.39 is 12.0 Å². The van der Waals surface area contributed by atoms with Crippen molar-refractivity contribution in [1.29, 1.82) is 0 Å². The second-order valence-electron chi connectivity index (χ2n) is 6.75. The molecule has 0 spiro atoms. The molecule has 3 aliphatic rings. The Balaban J connectivity index is 1.73. The molecule has 0 aromatic carbocycles. The van der Waals surface area contributed by atoms with Crippen LogP contribution in [0.4, 0.5) is 4.79 Å². The maximum atomic E-state index is 12.6. The van der Waals surface area contributed by atoms with Crippen LogP contribution in [0.5, 0.6) is 0 Å². The number of rotatable bonds is 4. The van der Waals surface area contributed by atoms with Crippen LogP contribution in [-0.2, 0) is 4.79 Å². The predicted octanol–water partition coefficient (Wildman–Crippen LogP) is 2.12. The maximum absolute atomic E-state index is 12.6. The van der Waals surface area contributed by atoms with Gasteiger partial charge in [0.15, 0.2) is 0 Å². The van der Waals surface area contributed by atoms with Crippen molar-refractivity contribution in [2.75, 3.05) is 5.75 Å². The van der Waals surface area contributed by atoms with Gasteiger partial charge in [0, 0.05) is 11.3 Å². The minimum absolute atomic E-state index is 0.0473. The molecule has 2 aliphatic carbocycles. The van der Waals surface area contributed by atoms with Crippen LogP contribution in [0.25, 0.3) is 0 Å². The first kappa shape index (κ1) is 14.0. The van der Waals surface area contributed by atoms with E-state index in [-0.39, 0.29) is 16.9 Å². The van der Waals surface area contributed by atoms with Gasteiger partial charge in [0.2, 0.25) is 0 Å². The molecule has 2 unspecified atom stereocenters. The molecule has 20 heavy (non-hydrogen) atoms. The number of nitrogens with one attached hydrogen (secondary N) is 1. The molecule has 2 saturated carbocycles. The molecule has 2 N–H and O–H groups in total. The second-order valence-corrected chi connectivity index (χ2v) is 7.90. The van der Waals surface area contributed by atoms with Crippen molar-refractivity contribution in [3.63, 3.8) is 0 Å². The minimum Gasteiger partial charge on any atom is -0.480 e. The number of carbonyl (C=O) groups is 2. The van der Waals surface area contributed by atoms with E-state index in [4.69, 9.17) is 0 Å². The Morgan fingerprint density at radius 2 is 1.90 bits per heavy atom. The number of amides is 2. The highest BCUT2D eigenvalue weighted by Crippen LogP contribution is 2.46. The molecule has 0 aromatic rings. The number of nitrogens with zero attached hydrogens (tertiary/aromatic N) is 1. The molecule has 5 nitrogen and oxygen atoms in total. The summed E-state index contributed by atoms with van der Waals surface area (Å²) >= 11 is 1.62. The van der Waals surface area contributed by atoms with Crippen LogP contribution in [0.15, 0.2) is 0 Å².